The standard InChI is InChI=1S/C16H18N2O/c1-3-14(13-7-5-4-6-8-13)16(19)18-15-11-12(2)9-10-17-15/h4-11,14H,3H2,1-2H3,(H,17,18,19). The summed E-state index contributed by atoms with van der Waals surface area (Å²) in [6, 6.07) is 13.6. The van der Waals surface area contributed by atoms with Gasteiger partial charge in [-0.15, -0.1) is 0 Å². The van der Waals surface area contributed by atoms with E-state index >= 15 is 0 Å². The second-order valence-electron chi connectivity index (χ2n) is 4.58. The van der Waals surface area contributed by atoms with Gasteiger partial charge in [0.2, 0.25) is 5.91 Å². The van der Waals surface area contributed by atoms with Crippen molar-refractivity contribution in [1.82, 2.24) is 4.98 Å². The fourth-order valence-electron chi connectivity index (χ4n) is 2.08. The smallest absolute Gasteiger partial charge is 0.233 e. The minimum atomic E-state index is -0.136. The number of nitrogens with one attached hydrogen (secondary N) is 1. The zero-order valence-corrected chi connectivity index (χ0v) is 11.3. The van der Waals surface area contributed by atoms with Crippen molar-refractivity contribution in [3.8, 4) is 0 Å². The molecule has 0 aliphatic rings. The first-order valence-corrected chi connectivity index (χ1v) is 6.49. The van der Waals surface area contributed by atoms with E-state index in [4.69, 9.17) is 0 Å². The molecule has 3 heteroatoms. The van der Waals surface area contributed by atoms with Gasteiger partial charge in [-0.2, -0.15) is 0 Å². The summed E-state index contributed by atoms with van der Waals surface area (Å²) in [5.41, 5.74) is 2.12. The van der Waals surface area contributed by atoms with Gasteiger partial charge in [-0.05, 0) is 36.6 Å². The fourth-order valence-corrected chi connectivity index (χ4v) is 2.08. The summed E-state index contributed by atoms with van der Waals surface area (Å²) in [6.45, 7) is 3.99. The molecule has 1 amide bonds. The van der Waals surface area contributed by atoms with E-state index < -0.39 is 0 Å². The Bertz CT molecular complexity index is 552. The predicted octanol–water partition coefficient (Wildman–Crippen LogP) is 3.52. The highest BCUT2D eigenvalue weighted by molar-refractivity contribution is 5.95. The van der Waals surface area contributed by atoms with Crippen LogP contribution in [0.2, 0.25) is 0 Å². The van der Waals surface area contributed by atoms with Crippen LogP contribution in [-0.4, -0.2) is 10.9 Å². The fraction of sp³-hybridized carbons (Fsp3) is 0.250. The van der Waals surface area contributed by atoms with Gasteiger partial charge < -0.3 is 5.32 Å². The molecule has 0 spiro atoms. The van der Waals surface area contributed by atoms with Gasteiger partial charge in [-0.1, -0.05) is 37.3 Å². The number of aromatic nitrogens is 1. The van der Waals surface area contributed by atoms with E-state index in [1.165, 1.54) is 0 Å². The van der Waals surface area contributed by atoms with Crippen LogP contribution in [-0.2, 0) is 4.79 Å². The number of hydrogen-bond donors (Lipinski definition) is 1. The normalized spacial score (nSPS) is 11.9. The number of rotatable bonds is 4. The molecule has 1 aromatic carbocycles. The summed E-state index contributed by atoms with van der Waals surface area (Å²) < 4.78 is 0. The monoisotopic (exact) mass is 254 g/mol. The number of carbonyl (C=O) groups excluding carboxylic acids is 1. The summed E-state index contributed by atoms with van der Waals surface area (Å²) in [5.74, 6) is 0.467. The lowest BCUT2D eigenvalue weighted by molar-refractivity contribution is -0.117. The summed E-state index contributed by atoms with van der Waals surface area (Å²) in [4.78, 5) is 16.5. The van der Waals surface area contributed by atoms with Crippen LogP contribution in [0.4, 0.5) is 5.82 Å². The number of benzene rings is 1. The molecule has 0 fully saturated rings. The zero-order valence-electron chi connectivity index (χ0n) is 11.3. The molecule has 98 valence electrons. The van der Waals surface area contributed by atoms with E-state index in [1.807, 2.05) is 56.3 Å². The van der Waals surface area contributed by atoms with Crippen LogP contribution in [0.1, 0.15) is 30.4 Å². The lowest BCUT2D eigenvalue weighted by Crippen LogP contribution is -2.21. The minimum Gasteiger partial charge on any atom is -0.310 e. The molecular formula is C16H18N2O. The molecule has 1 atom stereocenters. The van der Waals surface area contributed by atoms with E-state index in [1.54, 1.807) is 6.20 Å². The highest BCUT2D eigenvalue weighted by Gasteiger charge is 2.18. The molecule has 0 saturated carbocycles. The summed E-state index contributed by atoms with van der Waals surface area (Å²) in [7, 11) is 0. The molecule has 0 aliphatic heterocycles. The molecule has 1 heterocycles. The first-order valence-electron chi connectivity index (χ1n) is 6.49. The van der Waals surface area contributed by atoms with Crippen molar-refractivity contribution >= 4 is 11.7 Å². The van der Waals surface area contributed by atoms with Crippen LogP contribution in [0.15, 0.2) is 48.7 Å². The Labute approximate surface area is 113 Å². The number of aryl methyl sites for hydroxylation is 1. The number of anilines is 1. The highest BCUT2D eigenvalue weighted by Crippen LogP contribution is 2.21. The number of nitrogens with zero attached hydrogens (tertiary/aromatic N) is 1. The predicted molar refractivity (Wildman–Crippen MR) is 77.1 cm³/mol. The van der Waals surface area contributed by atoms with Crippen LogP contribution in [0.3, 0.4) is 0 Å². The molecule has 0 saturated heterocycles. The first kappa shape index (κ1) is 13.3. The molecular weight excluding hydrogens is 236 g/mol. The Morgan fingerprint density at radius 2 is 2.00 bits per heavy atom. The minimum absolute atomic E-state index is 0.00759. The van der Waals surface area contributed by atoms with Gasteiger partial charge in [-0.3, -0.25) is 4.79 Å². The van der Waals surface area contributed by atoms with E-state index in [0.717, 1.165) is 17.5 Å². The van der Waals surface area contributed by atoms with Gasteiger partial charge in [0.15, 0.2) is 0 Å². The van der Waals surface area contributed by atoms with Gasteiger partial charge in [0, 0.05) is 6.20 Å². The number of amides is 1. The maximum Gasteiger partial charge on any atom is 0.233 e. The average Bonchev–Trinajstić information content (AvgIpc) is 2.41. The maximum absolute atomic E-state index is 12.3. The molecule has 3 nitrogen and oxygen atoms in total. The molecule has 0 aliphatic carbocycles. The van der Waals surface area contributed by atoms with Crippen molar-refractivity contribution in [2.24, 2.45) is 0 Å². The third-order valence-corrected chi connectivity index (χ3v) is 3.09. The Balaban J connectivity index is 2.14. The summed E-state index contributed by atoms with van der Waals surface area (Å²) in [5, 5.41) is 2.88. The molecule has 19 heavy (non-hydrogen) atoms. The SMILES string of the molecule is CCC(C(=O)Nc1cc(C)ccn1)c1ccccc1. The first-order chi connectivity index (χ1) is 9.20. The van der Waals surface area contributed by atoms with Crippen LogP contribution in [0.5, 0.6) is 0 Å². The third kappa shape index (κ3) is 3.41. The van der Waals surface area contributed by atoms with Crippen molar-refractivity contribution in [2.45, 2.75) is 26.2 Å². The van der Waals surface area contributed by atoms with Gasteiger partial charge in [-0.25, -0.2) is 4.98 Å². The Kier molecular flexibility index (Phi) is 4.29. The van der Waals surface area contributed by atoms with Gasteiger partial charge >= 0.3 is 0 Å². The number of hydrogen-bond acceptors (Lipinski definition) is 2. The number of carbonyl (C=O) groups is 1. The van der Waals surface area contributed by atoms with Gasteiger partial charge in [0.1, 0.15) is 5.82 Å². The van der Waals surface area contributed by atoms with E-state index in [0.29, 0.717) is 5.82 Å². The van der Waals surface area contributed by atoms with Crippen molar-refractivity contribution in [3.63, 3.8) is 0 Å². The van der Waals surface area contributed by atoms with E-state index in [2.05, 4.69) is 10.3 Å². The van der Waals surface area contributed by atoms with Crippen molar-refractivity contribution in [3.05, 3.63) is 59.8 Å². The summed E-state index contributed by atoms with van der Waals surface area (Å²) in [6.07, 6.45) is 2.47. The number of pyridine rings is 1. The van der Waals surface area contributed by atoms with Crippen LogP contribution >= 0.6 is 0 Å². The second-order valence-corrected chi connectivity index (χ2v) is 4.58. The van der Waals surface area contributed by atoms with Gasteiger partial charge in [0.25, 0.3) is 0 Å². The maximum atomic E-state index is 12.3. The third-order valence-electron chi connectivity index (χ3n) is 3.09. The van der Waals surface area contributed by atoms with Gasteiger partial charge in [0.05, 0.1) is 5.92 Å². The lowest BCUT2D eigenvalue weighted by atomic mass is 9.96. The lowest BCUT2D eigenvalue weighted by Gasteiger charge is -2.15. The largest absolute Gasteiger partial charge is 0.310 e. The molecule has 0 radical (unpaired) electrons. The zero-order chi connectivity index (χ0) is 13.7. The van der Waals surface area contributed by atoms with Crippen molar-refractivity contribution < 1.29 is 4.79 Å². The molecule has 1 N–H and O–H groups in total. The summed E-state index contributed by atoms with van der Waals surface area (Å²) >= 11 is 0. The molecule has 2 aromatic rings. The Morgan fingerprint density at radius 3 is 2.63 bits per heavy atom. The van der Waals surface area contributed by atoms with Crippen LogP contribution in [0.25, 0.3) is 0 Å². The molecule has 1 aromatic heterocycles. The van der Waals surface area contributed by atoms with Crippen molar-refractivity contribution in [2.75, 3.05) is 5.32 Å². The average molecular weight is 254 g/mol. The van der Waals surface area contributed by atoms with E-state index in [9.17, 15) is 4.79 Å². The molecule has 1 unspecified atom stereocenters. The Hall–Kier alpha value is -2.16. The van der Waals surface area contributed by atoms with Crippen LogP contribution < -0.4 is 5.32 Å². The van der Waals surface area contributed by atoms with E-state index in [-0.39, 0.29) is 11.8 Å². The Morgan fingerprint density at radius 1 is 1.26 bits per heavy atom. The highest BCUT2D eigenvalue weighted by atomic mass is 16.1. The quantitative estimate of drug-likeness (QED) is 0.907. The topological polar surface area (TPSA) is 42.0 Å². The van der Waals surface area contributed by atoms with Crippen LogP contribution in [0, 0.1) is 6.92 Å². The van der Waals surface area contributed by atoms with Crippen molar-refractivity contribution in [1.29, 1.82) is 0 Å². The molecule has 0 bridgehead atoms. The second kappa shape index (κ2) is 6.14. The molecule has 2 rings (SSSR count).